The molecule has 9 heavy (non-hydrogen) atoms. The number of aliphatic hydroxyl groups excluding tert-OH is 1. The first-order valence-electron chi connectivity index (χ1n) is 3.55. The zero-order valence-electron chi connectivity index (χ0n) is 6.35. The molecule has 2 N–H and O–H groups in total. The highest BCUT2D eigenvalue weighted by Crippen LogP contribution is 2.06. The minimum Gasteiger partial charge on any atom is -0.400 e. The summed E-state index contributed by atoms with van der Waals surface area (Å²) in [4.78, 5) is 0. The van der Waals surface area contributed by atoms with Crippen molar-refractivity contribution in [3.05, 3.63) is 0 Å². The maximum atomic E-state index is 7.00. The fourth-order valence-corrected chi connectivity index (χ4v) is 1.03. The predicted octanol–water partition coefficient (Wildman–Crippen LogP) is 0.614. The topological polar surface area (TPSA) is 32.3 Å². The molecule has 0 amide bonds. The smallest absolute Gasteiger partial charge is 0.0319 e. The average molecular weight is 131 g/mol. The summed E-state index contributed by atoms with van der Waals surface area (Å²) in [5, 5.41) is 10.3. The minimum absolute atomic E-state index is 0.925. The van der Waals surface area contributed by atoms with Crippen LogP contribution >= 0.6 is 0 Å². The van der Waals surface area contributed by atoms with Gasteiger partial charge in [0, 0.05) is 7.11 Å². The van der Waals surface area contributed by atoms with E-state index in [9.17, 15) is 0 Å². The molecule has 0 spiro atoms. The highest BCUT2D eigenvalue weighted by Gasteiger charge is 2.04. The van der Waals surface area contributed by atoms with E-state index in [1.54, 1.807) is 0 Å². The van der Waals surface area contributed by atoms with Gasteiger partial charge in [-0.15, -0.1) is 0 Å². The zero-order valence-corrected chi connectivity index (χ0v) is 6.35. The quantitative estimate of drug-likeness (QED) is 0.505. The summed E-state index contributed by atoms with van der Waals surface area (Å²) in [7, 11) is 1.00. The molecule has 2 heteroatoms. The van der Waals surface area contributed by atoms with Gasteiger partial charge < -0.3 is 10.4 Å². The van der Waals surface area contributed by atoms with E-state index in [-0.39, 0.29) is 0 Å². The van der Waals surface area contributed by atoms with Crippen molar-refractivity contribution in [3.63, 3.8) is 0 Å². The summed E-state index contributed by atoms with van der Waals surface area (Å²) >= 11 is 0. The van der Waals surface area contributed by atoms with Gasteiger partial charge >= 0.3 is 0 Å². The summed E-state index contributed by atoms with van der Waals surface area (Å²) in [6.07, 6.45) is 2.80. The molecule has 0 saturated carbocycles. The van der Waals surface area contributed by atoms with E-state index in [1.807, 2.05) is 0 Å². The Morgan fingerprint density at radius 2 is 2.11 bits per heavy atom. The van der Waals surface area contributed by atoms with E-state index in [0.29, 0.717) is 0 Å². The second-order valence-electron chi connectivity index (χ2n) is 2.45. The number of nitrogens with one attached hydrogen (secondary N) is 1. The van der Waals surface area contributed by atoms with Crippen LogP contribution in [-0.2, 0) is 0 Å². The Morgan fingerprint density at radius 3 is 2.33 bits per heavy atom. The van der Waals surface area contributed by atoms with Gasteiger partial charge in [0.05, 0.1) is 0 Å². The van der Waals surface area contributed by atoms with E-state index in [1.165, 1.54) is 25.9 Å². The second-order valence-corrected chi connectivity index (χ2v) is 2.45. The Bertz CT molecular complexity index is 50.9. The lowest BCUT2D eigenvalue weighted by Gasteiger charge is -2.17. The lowest BCUT2D eigenvalue weighted by molar-refractivity contribution is 0.399. The molecule has 0 bridgehead atoms. The van der Waals surface area contributed by atoms with Crippen molar-refractivity contribution in [1.82, 2.24) is 5.32 Å². The number of rotatable bonds is 0. The molecule has 1 aliphatic heterocycles. The van der Waals surface area contributed by atoms with Gasteiger partial charge in [0.1, 0.15) is 0 Å². The first-order chi connectivity index (χ1) is 4.39. The van der Waals surface area contributed by atoms with Gasteiger partial charge in [0.2, 0.25) is 0 Å². The van der Waals surface area contributed by atoms with Crippen LogP contribution < -0.4 is 5.32 Å². The van der Waals surface area contributed by atoms with Gasteiger partial charge in [-0.2, -0.15) is 0 Å². The molecule has 1 rings (SSSR count). The molecule has 0 radical (unpaired) electrons. The van der Waals surface area contributed by atoms with Gasteiger partial charge in [0.25, 0.3) is 0 Å². The van der Waals surface area contributed by atoms with Crippen LogP contribution in [-0.4, -0.2) is 25.3 Å². The second kappa shape index (κ2) is 6.05. The van der Waals surface area contributed by atoms with Gasteiger partial charge in [-0.1, -0.05) is 6.92 Å². The third kappa shape index (κ3) is 4.43. The fourth-order valence-electron chi connectivity index (χ4n) is 1.03. The molecular formula is C7H17NO. The number of piperidine rings is 1. The molecule has 0 aromatic rings. The summed E-state index contributed by atoms with van der Waals surface area (Å²) in [5.41, 5.74) is 0. The van der Waals surface area contributed by atoms with Crippen molar-refractivity contribution in [3.8, 4) is 0 Å². The van der Waals surface area contributed by atoms with Crippen LogP contribution in [0.2, 0.25) is 0 Å². The zero-order chi connectivity index (χ0) is 7.11. The lowest BCUT2D eigenvalue weighted by Crippen LogP contribution is -2.27. The van der Waals surface area contributed by atoms with Gasteiger partial charge in [-0.3, -0.25) is 0 Å². The Labute approximate surface area is 57.3 Å². The van der Waals surface area contributed by atoms with Crippen molar-refractivity contribution >= 4 is 0 Å². The van der Waals surface area contributed by atoms with Gasteiger partial charge in [-0.05, 0) is 31.8 Å². The molecule has 1 atom stereocenters. The molecule has 0 aromatic heterocycles. The molecule has 56 valence electrons. The summed E-state index contributed by atoms with van der Waals surface area (Å²) in [5.74, 6) is 0.925. The highest BCUT2D eigenvalue weighted by atomic mass is 16.2. The van der Waals surface area contributed by atoms with Crippen LogP contribution in [0.4, 0.5) is 0 Å². The average Bonchev–Trinajstić information content (AvgIpc) is 1.94. The Hall–Kier alpha value is -0.0800. The van der Waals surface area contributed by atoms with Crippen molar-refractivity contribution in [2.45, 2.75) is 19.8 Å². The summed E-state index contributed by atoms with van der Waals surface area (Å²) in [6, 6.07) is 0. The predicted molar refractivity (Wildman–Crippen MR) is 39.4 cm³/mol. The Kier molecular flexibility index (Phi) is 5.99. The monoisotopic (exact) mass is 131 g/mol. The normalized spacial score (nSPS) is 26.3. The molecule has 1 unspecified atom stereocenters. The van der Waals surface area contributed by atoms with Crippen molar-refractivity contribution in [2.75, 3.05) is 20.2 Å². The molecule has 0 aliphatic carbocycles. The van der Waals surface area contributed by atoms with Crippen LogP contribution in [0, 0.1) is 5.92 Å². The molecule has 1 heterocycles. The highest BCUT2D eigenvalue weighted by molar-refractivity contribution is 4.63. The van der Waals surface area contributed by atoms with Gasteiger partial charge in [0.15, 0.2) is 0 Å². The molecule has 1 aliphatic rings. The third-order valence-corrected chi connectivity index (χ3v) is 1.54. The summed E-state index contributed by atoms with van der Waals surface area (Å²) in [6.45, 7) is 4.77. The van der Waals surface area contributed by atoms with Crippen LogP contribution in [0.5, 0.6) is 0 Å². The van der Waals surface area contributed by atoms with Crippen molar-refractivity contribution in [2.24, 2.45) is 5.92 Å². The SMILES string of the molecule is CC1CCCNC1.CO. The lowest BCUT2D eigenvalue weighted by atomic mass is 10.0. The van der Waals surface area contributed by atoms with E-state index in [2.05, 4.69) is 12.2 Å². The maximum absolute atomic E-state index is 7.00. The number of aliphatic hydroxyl groups is 1. The van der Waals surface area contributed by atoms with Crippen molar-refractivity contribution < 1.29 is 5.11 Å². The molecule has 0 aromatic carbocycles. The maximum Gasteiger partial charge on any atom is 0.0319 e. The van der Waals surface area contributed by atoms with E-state index in [0.717, 1.165) is 13.0 Å². The first kappa shape index (κ1) is 8.92. The largest absolute Gasteiger partial charge is 0.400 e. The van der Waals surface area contributed by atoms with E-state index < -0.39 is 0 Å². The van der Waals surface area contributed by atoms with Crippen LogP contribution in [0.1, 0.15) is 19.8 Å². The first-order valence-corrected chi connectivity index (χ1v) is 3.55. The van der Waals surface area contributed by atoms with E-state index in [4.69, 9.17) is 5.11 Å². The molecule has 2 nitrogen and oxygen atoms in total. The summed E-state index contributed by atoms with van der Waals surface area (Å²) < 4.78 is 0. The van der Waals surface area contributed by atoms with Crippen LogP contribution in [0.15, 0.2) is 0 Å². The van der Waals surface area contributed by atoms with Crippen molar-refractivity contribution in [1.29, 1.82) is 0 Å². The van der Waals surface area contributed by atoms with E-state index >= 15 is 0 Å². The number of hydrogen-bond acceptors (Lipinski definition) is 2. The Morgan fingerprint density at radius 1 is 1.44 bits per heavy atom. The van der Waals surface area contributed by atoms with Crippen LogP contribution in [0.25, 0.3) is 0 Å². The standard InChI is InChI=1S/C6H13N.CH4O/c1-6-3-2-4-7-5-6;1-2/h6-7H,2-5H2,1H3;2H,1H3. The van der Waals surface area contributed by atoms with Gasteiger partial charge in [-0.25, -0.2) is 0 Å². The third-order valence-electron chi connectivity index (χ3n) is 1.54. The molecule has 1 fully saturated rings. The Balaban J connectivity index is 0.000000291. The fraction of sp³-hybridized carbons (Fsp3) is 1.00. The number of hydrogen-bond donors (Lipinski definition) is 2. The minimum atomic E-state index is 0.925. The molecule has 1 saturated heterocycles. The van der Waals surface area contributed by atoms with Crippen LogP contribution in [0.3, 0.4) is 0 Å². The molecular weight excluding hydrogens is 114 g/mol.